The third-order valence-corrected chi connectivity index (χ3v) is 3.64. The minimum absolute atomic E-state index is 0.112. The van der Waals surface area contributed by atoms with E-state index in [1.54, 1.807) is 0 Å². The van der Waals surface area contributed by atoms with Gasteiger partial charge in [-0.2, -0.15) is 0 Å². The molecule has 2 nitrogen and oxygen atoms in total. The van der Waals surface area contributed by atoms with Crippen LogP contribution in [0.1, 0.15) is 19.4 Å². The minimum Gasteiger partial charge on any atom is -0.407 e. The standard InChI is InChI=1S/C16H19BO2/c1-12-8-13-6-4-5-7-14(13)9-15(12)17-18-10-16(2,3)11-19-17/h4-9H,10-11H2,1-3H3. The quantitative estimate of drug-likeness (QED) is 0.728. The van der Waals surface area contributed by atoms with E-state index in [4.69, 9.17) is 9.31 Å². The highest BCUT2D eigenvalue weighted by Crippen LogP contribution is 2.23. The maximum Gasteiger partial charge on any atom is 0.494 e. The molecule has 0 unspecified atom stereocenters. The van der Waals surface area contributed by atoms with Crippen molar-refractivity contribution < 1.29 is 9.31 Å². The van der Waals surface area contributed by atoms with Crippen molar-refractivity contribution in [3.63, 3.8) is 0 Å². The molecule has 0 saturated carbocycles. The zero-order valence-electron chi connectivity index (χ0n) is 11.8. The van der Waals surface area contributed by atoms with Crippen molar-refractivity contribution in [1.29, 1.82) is 0 Å². The molecular formula is C16H19BO2. The highest BCUT2D eigenvalue weighted by molar-refractivity contribution is 6.62. The Morgan fingerprint density at radius 1 is 1.00 bits per heavy atom. The van der Waals surface area contributed by atoms with Gasteiger partial charge in [-0.15, -0.1) is 0 Å². The van der Waals surface area contributed by atoms with Gasteiger partial charge < -0.3 is 9.31 Å². The predicted molar refractivity (Wildman–Crippen MR) is 79.8 cm³/mol. The Morgan fingerprint density at radius 2 is 1.58 bits per heavy atom. The van der Waals surface area contributed by atoms with Crippen LogP contribution >= 0.6 is 0 Å². The predicted octanol–water partition coefficient (Wildman–Crippen LogP) is 2.92. The molecular weight excluding hydrogens is 235 g/mol. The Hall–Kier alpha value is -1.32. The average molecular weight is 254 g/mol. The number of hydrogen-bond acceptors (Lipinski definition) is 2. The van der Waals surface area contributed by atoms with Crippen LogP contribution in [0.2, 0.25) is 0 Å². The van der Waals surface area contributed by atoms with Gasteiger partial charge in [0.25, 0.3) is 0 Å². The number of fused-ring (bicyclic) bond motifs is 1. The molecule has 0 spiro atoms. The average Bonchev–Trinajstić information content (AvgIpc) is 2.38. The summed E-state index contributed by atoms with van der Waals surface area (Å²) >= 11 is 0. The Morgan fingerprint density at radius 3 is 2.21 bits per heavy atom. The summed E-state index contributed by atoms with van der Waals surface area (Å²) in [5.41, 5.74) is 2.49. The number of hydrogen-bond donors (Lipinski definition) is 0. The SMILES string of the molecule is Cc1cc2ccccc2cc1B1OCC(C)(C)CO1. The molecule has 0 aromatic heterocycles. The fourth-order valence-corrected chi connectivity index (χ4v) is 2.50. The maximum atomic E-state index is 5.89. The zero-order chi connectivity index (χ0) is 13.5. The van der Waals surface area contributed by atoms with Crippen LogP contribution in [0, 0.1) is 12.3 Å². The lowest BCUT2D eigenvalue weighted by molar-refractivity contribution is 0.0343. The normalized spacial score (nSPS) is 18.8. The fourth-order valence-electron chi connectivity index (χ4n) is 2.50. The summed E-state index contributed by atoms with van der Waals surface area (Å²) in [4.78, 5) is 0. The molecule has 0 atom stereocenters. The van der Waals surface area contributed by atoms with Crippen LogP contribution in [0.5, 0.6) is 0 Å². The Labute approximate surface area is 114 Å². The Balaban J connectivity index is 1.95. The summed E-state index contributed by atoms with van der Waals surface area (Å²) in [7, 11) is -0.224. The Kier molecular flexibility index (Phi) is 3.11. The van der Waals surface area contributed by atoms with Crippen LogP contribution < -0.4 is 5.46 Å². The first kappa shape index (κ1) is 12.7. The lowest BCUT2D eigenvalue weighted by Crippen LogP contribution is -2.48. The van der Waals surface area contributed by atoms with Gasteiger partial charge in [-0.25, -0.2) is 0 Å². The highest BCUT2D eigenvalue weighted by Gasteiger charge is 2.34. The highest BCUT2D eigenvalue weighted by atomic mass is 16.6. The van der Waals surface area contributed by atoms with E-state index < -0.39 is 0 Å². The molecule has 1 saturated heterocycles. The number of aryl methyl sites for hydroxylation is 1. The number of benzene rings is 2. The lowest BCUT2D eigenvalue weighted by Gasteiger charge is -2.33. The van der Waals surface area contributed by atoms with Crippen molar-refractivity contribution in [3.8, 4) is 0 Å². The molecule has 3 rings (SSSR count). The van der Waals surface area contributed by atoms with Crippen LogP contribution in [-0.4, -0.2) is 20.3 Å². The zero-order valence-corrected chi connectivity index (χ0v) is 11.8. The van der Waals surface area contributed by atoms with Gasteiger partial charge >= 0.3 is 7.12 Å². The molecule has 0 bridgehead atoms. The molecule has 3 heteroatoms. The van der Waals surface area contributed by atoms with Gasteiger partial charge in [0.1, 0.15) is 0 Å². The second kappa shape index (κ2) is 4.66. The van der Waals surface area contributed by atoms with Crippen LogP contribution in [-0.2, 0) is 9.31 Å². The molecule has 1 aliphatic heterocycles. The second-order valence-electron chi connectivity index (χ2n) is 6.17. The second-order valence-corrected chi connectivity index (χ2v) is 6.17. The smallest absolute Gasteiger partial charge is 0.407 e. The molecule has 19 heavy (non-hydrogen) atoms. The van der Waals surface area contributed by atoms with Crippen molar-refractivity contribution in [2.24, 2.45) is 5.41 Å². The van der Waals surface area contributed by atoms with E-state index in [-0.39, 0.29) is 12.5 Å². The van der Waals surface area contributed by atoms with Crippen molar-refractivity contribution >= 4 is 23.4 Å². The molecule has 0 amide bonds. The maximum absolute atomic E-state index is 5.89. The summed E-state index contributed by atoms with van der Waals surface area (Å²) in [5, 5.41) is 2.50. The van der Waals surface area contributed by atoms with Crippen LogP contribution in [0.15, 0.2) is 36.4 Å². The van der Waals surface area contributed by atoms with Crippen LogP contribution in [0.3, 0.4) is 0 Å². The molecule has 2 aromatic rings. The van der Waals surface area contributed by atoms with Crippen molar-refractivity contribution in [3.05, 3.63) is 42.0 Å². The summed E-state index contributed by atoms with van der Waals surface area (Å²) in [5.74, 6) is 0. The van der Waals surface area contributed by atoms with Gasteiger partial charge in [-0.1, -0.05) is 55.8 Å². The van der Waals surface area contributed by atoms with Gasteiger partial charge in [0.2, 0.25) is 0 Å². The molecule has 2 aromatic carbocycles. The van der Waals surface area contributed by atoms with Gasteiger partial charge in [0, 0.05) is 18.6 Å². The largest absolute Gasteiger partial charge is 0.494 e. The summed E-state index contributed by atoms with van der Waals surface area (Å²) < 4.78 is 11.8. The van der Waals surface area contributed by atoms with E-state index in [2.05, 4.69) is 57.2 Å². The molecule has 0 radical (unpaired) electrons. The van der Waals surface area contributed by atoms with Crippen LogP contribution in [0.25, 0.3) is 10.8 Å². The fraction of sp³-hybridized carbons (Fsp3) is 0.375. The van der Waals surface area contributed by atoms with Gasteiger partial charge in [-0.05, 0) is 23.2 Å². The summed E-state index contributed by atoms with van der Waals surface area (Å²) in [6, 6.07) is 12.8. The van der Waals surface area contributed by atoms with Gasteiger partial charge in [-0.3, -0.25) is 0 Å². The van der Waals surface area contributed by atoms with Gasteiger partial charge in [0.15, 0.2) is 0 Å². The molecule has 1 aliphatic rings. The molecule has 0 N–H and O–H groups in total. The van der Waals surface area contributed by atoms with E-state index in [9.17, 15) is 0 Å². The van der Waals surface area contributed by atoms with E-state index in [0.717, 1.165) is 18.7 Å². The van der Waals surface area contributed by atoms with Crippen LogP contribution in [0.4, 0.5) is 0 Å². The molecule has 1 fully saturated rings. The van der Waals surface area contributed by atoms with Gasteiger partial charge in [0.05, 0.1) is 0 Å². The third kappa shape index (κ3) is 2.53. The van der Waals surface area contributed by atoms with Crippen molar-refractivity contribution in [2.45, 2.75) is 20.8 Å². The lowest BCUT2D eigenvalue weighted by atomic mass is 9.73. The topological polar surface area (TPSA) is 18.5 Å². The first-order valence-corrected chi connectivity index (χ1v) is 6.78. The molecule has 0 aliphatic carbocycles. The van der Waals surface area contributed by atoms with Crippen molar-refractivity contribution in [1.82, 2.24) is 0 Å². The minimum atomic E-state index is -0.224. The van der Waals surface area contributed by atoms with E-state index in [1.165, 1.54) is 16.3 Å². The van der Waals surface area contributed by atoms with Crippen molar-refractivity contribution in [2.75, 3.05) is 13.2 Å². The summed E-state index contributed by atoms with van der Waals surface area (Å²) in [6.07, 6.45) is 0. The molecule has 1 heterocycles. The van der Waals surface area contributed by atoms with E-state index >= 15 is 0 Å². The first-order chi connectivity index (χ1) is 9.05. The first-order valence-electron chi connectivity index (χ1n) is 6.78. The summed E-state index contributed by atoms with van der Waals surface area (Å²) in [6.45, 7) is 7.93. The van der Waals surface area contributed by atoms with E-state index in [1.807, 2.05) is 0 Å². The Bertz CT molecular complexity index is 597. The third-order valence-electron chi connectivity index (χ3n) is 3.64. The monoisotopic (exact) mass is 254 g/mol. The number of rotatable bonds is 1. The van der Waals surface area contributed by atoms with E-state index in [0.29, 0.717) is 0 Å². The molecule has 98 valence electrons.